The quantitative estimate of drug-likeness (QED) is 0.920. The summed E-state index contributed by atoms with van der Waals surface area (Å²) in [6.07, 6.45) is 1.16. The molecule has 1 N–H and O–H groups in total. The average Bonchev–Trinajstić information content (AvgIpc) is 2.42. The lowest BCUT2D eigenvalue weighted by Crippen LogP contribution is -2.21. The van der Waals surface area contributed by atoms with E-state index in [1.807, 2.05) is 6.07 Å². The number of nitriles is 1. The van der Waals surface area contributed by atoms with E-state index in [1.165, 1.54) is 18.2 Å². The molecule has 0 radical (unpaired) electrons. The first-order valence-corrected chi connectivity index (χ1v) is 5.63. The van der Waals surface area contributed by atoms with Gasteiger partial charge in [0.1, 0.15) is 5.82 Å². The fraction of sp³-hybridized carbons (Fsp3) is 0.0714. The molecule has 0 aliphatic rings. The maximum Gasteiger partial charge on any atom is 0.337 e. The van der Waals surface area contributed by atoms with Crippen LogP contribution in [0.4, 0.5) is 4.39 Å². The summed E-state index contributed by atoms with van der Waals surface area (Å²) in [6, 6.07) is 8.02. The maximum absolute atomic E-state index is 13.7. The van der Waals surface area contributed by atoms with Crippen LogP contribution in [-0.4, -0.2) is 15.6 Å². The van der Waals surface area contributed by atoms with Gasteiger partial charge in [-0.05, 0) is 18.2 Å². The monoisotopic (exact) mass is 272 g/mol. The van der Waals surface area contributed by atoms with Gasteiger partial charge in [0.05, 0.1) is 23.7 Å². The summed E-state index contributed by atoms with van der Waals surface area (Å²) < 4.78 is 14.8. The molecular weight excluding hydrogens is 263 g/mol. The second-order valence-electron chi connectivity index (χ2n) is 4.11. The molecule has 0 amide bonds. The van der Waals surface area contributed by atoms with Crippen LogP contribution in [0.2, 0.25) is 0 Å². The zero-order valence-electron chi connectivity index (χ0n) is 10.2. The molecule has 6 heteroatoms. The van der Waals surface area contributed by atoms with Crippen LogP contribution in [0.15, 0.2) is 41.3 Å². The summed E-state index contributed by atoms with van der Waals surface area (Å²) in [6.45, 7) is -0.0997. The van der Waals surface area contributed by atoms with Crippen molar-refractivity contribution in [1.29, 1.82) is 5.26 Å². The Morgan fingerprint density at radius 3 is 2.70 bits per heavy atom. The van der Waals surface area contributed by atoms with E-state index >= 15 is 0 Å². The van der Waals surface area contributed by atoms with E-state index in [4.69, 9.17) is 10.4 Å². The lowest BCUT2D eigenvalue weighted by Gasteiger charge is -2.08. The van der Waals surface area contributed by atoms with Gasteiger partial charge in [-0.25, -0.2) is 9.18 Å². The molecule has 0 saturated carbocycles. The van der Waals surface area contributed by atoms with Crippen LogP contribution in [0.5, 0.6) is 0 Å². The van der Waals surface area contributed by atoms with E-state index < -0.39 is 17.3 Å². The van der Waals surface area contributed by atoms with Gasteiger partial charge in [-0.1, -0.05) is 6.07 Å². The van der Waals surface area contributed by atoms with Crippen LogP contribution >= 0.6 is 0 Å². The van der Waals surface area contributed by atoms with E-state index in [-0.39, 0.29) is 23.2 Å². The van der Waals surface area contributed by atoms with Crippen molar-refractivity contribution in [3.05, 3.63) is 69.4 Å². The first kappa shape index (κ1) is 13.5. The molecule has 2 aromatic rings. The average molecular weight is 272 g/mol. The first-order valence-electron chi connectivity index (χ1n) is 5.63. The molecule has 0 atom stereocenters. The number of halogens is 1. The Labute approximate surface area is 113 Å². The van der Waals surface area contributed by atoms with E-state index in [9.17, 15) is 14.0 Å². The molecule has 2 rings (SSSR count). The minimum Gasteiger partial charge on any atom is -0.478 e. The van der Waals surface area contributed by atoms with Crippen LogP contribution in [0, 0.1) is 17.1 Å². The molecule has 1 aromatic heterocycles. The van der Waals surface area contributed by atoms with Gasteiger partial charge in [0, 0.05) is 17.8 Å². The summed E-state index contributed by atoms with van der Waals surface area (Å²) in [4.78, 5) is 22.5. The van der Waals surface area contributed by atoms with Gasteiger partial charge in [-0.3, -0.25) is 4.79 Å². The Morgan fingerprint density at radius 2 is 2.10 bits per heavy atom. The number of nitrogens with zero attached hydrogens (tertiary/aromatic N) is 2. The minimum atomic E-state index is -1.17. The second kappa shape index (κ2) is 5.36. The van der Waals surface area contributed by atoms with Gasteiger partial charge in [0.25, 0.3) is 5.56 Å². The SMILES string of the molecule is N#Cc1ccc(Cn2cc(C(=O)O)ccc2=O)c(F)c1. The lowest BCUT2D eigenvalue weighted by atomic mass is 10.1. The Bertz CT molecular complexity index is 775. The van der Waals surface area contributed by atoms with Crippen LogP contribution in [-0.2, 0) is 6.54 Å². The molecule has 0 saturated heterocycles. The maximum atomic E-state index is 13.7. The third kappa shape index (κ3) is 2.72. The Kier molecular flexibility index (Phi) is 3.62. The highest BCUT2D eigenvalue weighted by molar-refractivity contribution is 5.87. The molecule has 0 unspecified atom stereocenters. The Balaban J connectivity index is 2.40. The van der Waals surface area contributed by atoms with Crippen LogP contribution in [0.1, 0.15) is 21.5 Å². The highest BCUT2D eigenvalue weighted by atomic mass is 19.1. The number of aromatic nitrogens is 1. The Hall–Kier alpha value is -2.94. The van der Waals surface area contributed by atoms with Crippen molar-refractivity contribution in [2.75, 3.05) is 0 Å². The normalized spacial score (nSPS) is 10.0. The molecule has 0 bridgehead atoms. The summed E-state index contributed by atoms with van der Waals surface area (Å²) in [7, 11) is 0. The molecule has 1 heterocycles. The van der Waals surface area contributed by atoms with Crippen LogP contribution in [0.25, 0.3) is 0 Å². The van der Waals surface area contributed by atoms with Crippen molar-refractivity contribution in [1.82, 2.24) is 4.57 Å². The number of pyridine rings is 1. The lowest BCUT2D eigenvalue weighted by molar-refractivity contribution is 0.0696. The smallest absolute Gasteiger partial charge is 0.337 e. The number of aromatic carboxylic acids is 1. The number of carbonyl (C=O) groups is 1. The standard InChI is InChI=1S/C14H9FN2O3/c15-12-5-9(6-16)1-2-10(12)7-17-8-11(14(19)20)3-4-13(17)18/h1-5,8H,7H2,(H,19,20). The summed E-state index contributed by atoms with van der Waals surface area (Å²) in [5, 5.41) is 17.5. The number of carboxylic acid groups (broad SMARTS) is 1. The van der Waals surface area contributed by atoms with E-state index in [0.29, 0.717) is 0 Å². The van der Waals surface area contributed by atoms with Crippen molar-refractivity contribution in [3.63, 3.8) is 0 Å². The molecular formula is C14H9FN2O3. The van der Waals surface area contributed by atoms with Gasteiger partial charge in [-0.15, -0.1) is 0 Å². The Morgan fingerprint density at radius 1 is 1.35 bits per heavy atom. The topological polar surface area (TPSA) is 83.1 Å². The van der Waals surface area contributed by atoms with Crippen molar-refractivity contribution < 1.29 is 14.3 Å². The molecule has 1 aromatic carbocycles. The summed E-state index contributed by atoms with van der Waals surface area (Å²) in [5.74, 6) is -1.78. The number of hydrogen-bond acceptors (Lipinski definition) is 3. The molecule has 100 valence electrons. The van der Waals surface area contributed by atoms with Crippen molar-refractivity contribution in [2.24, 2.45) is 0 Å². The van der Waals surface area contributed by atoms with Gasteiger partial charge in [0.2, 0.25) is 0 Å². The van der Waals surface area contributed by atoms with Crippen molar-refractivity contribution >= 4 is 5.97 Å². The van der Waals surface area contributed by atoms with Gasteiger partial charge in [0.15, 0.2) is 0 Å². The predicted molar refractivity (Wildman–Crippen MR) is 67.9 cm³/mol. The zero-order valence-corrected chi connectivity index (χ0v) is 10.2. The third-order valence-corrected chi connectivity index (χ3v) is 2.75. The minimum absolute atomic E-state index is 0.0568. The van der Waals surface area contributed by atoms with Crippen LogP contribution in [0.3, 0.4) is 0 Å². The highest BCUT2D eigenvalue weighted by Crippen LogP contribution is 2.11. The number of hydrogen-bond donors (Lipinski definition) is 1. The fourth-order valence-corrected chi connectivity index (χ4v) is 1.71. The van der Waals surface area contributed by atoms with Crippen LogP contribution < -0.4 is 5.56 Å². The first-order chi connectivity index (χ1) is 9.51. The zero-order chi connectivity index (χ0) is 14.7. The number of carboxylic acids is 1. The summed E-state index contributed by atoms with van der Waals surface area (Å²) in [5.41, 5.74) is -0.107. The fourth-order valence-electron chi connectivity index (χ4n) is 1.71. The largest absolute Gasteiger partial charge is 0.478 e. The predicted octanol–water partition coefficient (Wildman–Crippen LogP) is 1.61. The van der Waals surface area contributed by atoms with Gasteiger partial charge >= 0.3 is 5.97 Å². The van der Waals surface area contributed by atoms with Gasteiger partial charge in [-0.2, -0.15) is 5.26 Å². The van der Waals surface area contributed by atoms with Crippen molar-refractivity contribution in [2.45, 2.75) is 6.54 Å². The molecule has 0 spiro atoms. The molecule has 0 fully saturated rings. The van der Waals surface area contributed by atoms with E-state index in [2.05, 4.69) is 0 Å². The number of rotatable bonds is 3. The van der Waals surface area contributed by atoms with E-state index in [0.717, 1.165) is 22.9 Å². The van der Waals surface area contributed by atoms with E-state index in [1.54, 1.807) is 0 Å². The van der Waals surface area contributed by atoms with Crippen molar-refractivity contribution in [3.8, 4) is 6.07 Å². The second-order valence-corrected chi connectivity index (χ2v) is 4.11. The molecule has 0 aliphatic carbocycles. The summed E-state index contributed by atoms with van der Waals surface area (Å²) >= 11 is 0. The molecule has 5 nitrogen and oxygen atoms in total. The molecule has 0 aliphatic heterocycles. The molecule has 20 heavy (non-hydrogen) atoms. The van der Waals surface area contributed by atoms with Gasteiger partial charge < -0.3 is 9.67 Å². The number of benzene rings is 1. The highest BCUT2D eigenvalue weighted by Gasteiger charge is 2.08. The third-order valence-electron chi connectivity index (χ3n) is 2.75.